The van der Waals surface area contributed by atoms with Gasteiger partial charge in [0.15, 0.2) is 11.5 Å². The van der Waals surface area contributed by atoms with Crippen LogP contribution in [0.1, 0.15) is 12.7 Å². The zero-order chi connectivity index (χ0) is 27.4. The normalized spacial score (nSPS) is 11.5. The van der Waals surface area contributed by atoms with Gasteiger partial charge in [-0.1, -0.05) is 6.92 Å². The molecule has 0 radical (unpaired) electrons. The van der Waals surface area contributed by atoms with Crippen LogP contribution in [0.25, 0.3) is 5.69 Å². The molecule has 0 fully saturated rings. The molecule has 1 aromatic carbocycles. The molecule has 3 rings (SSSR count). The molecule has 0 spiro atoms. The van der Waals surface area contributed by atoms with E-state index in [2.05, 4.69) is 35.3 Å². The van der Waals surface area contributed by atoms with Gasteiger partial charge in [-0.05, 0) is 24.3 Å². The lowest BCUT2D eigenvalue weighted by Gasteiger charge is -2.16. The fourth-order valence-corrected chi connectivity index (χ4v) is 2.68. The lowest BCUT2D eigenvalue weighted by molar-refractivity contribution is -0.191. The smallest absolute Gasteiger partial charge is 0.416 e. The van der Waals surface area contributed by atoms with Gasteiger partial charge in [-0.25, -0.2) is 19.0 Å². The lowest BCUT2D eigenvalue weighted by atomic mass is 10.2. The molecule has 0 saturated carbocycles. The molecule has 0 amide bonds. The summed E-state index contributed by atoms with van der Waals surface area (Å²) in [6.07, 6.45) is -8.00. The highest BCUT2D eigenvalue weighted by molar-refractivity contribution is 5.81. The van der Waals surface area contributed by atoms with E-state index in [9.17, 15) is 40.7 Å². The van der Waals surface area contributed by atoms with E-state index >= 15 is 0 Å². The first-order valence-electron chi connectivity index (χ1n) is 9.94. The molecule has 11 nitrogen and oxygen atoms in total. The second kappa shape index (κ2) is 10.5. The first-order valence-corrected chi connectivity index (χ1v) is 9.94. The first kappa shape index (κ1) is 26.9. The Kier molecular flexibility index (Phi) is 7.64. The minimum absolute atomic E-state index is 0.00663. The molecule has 196 valence electrons. The van der Waals surface area contributed by atoms with Crippen molar-refractivity contribution in [1.29, 1.82) is 0 Å². The number of aryl methyl sites for hydroxylation is 1. The molecule has 0 aliphatic heterocycles. The quantitative estimate of drug-likeness (QED) is 0.202. The van der Waals surface area contributed by atoms with Crippen molar-refractivity contribution in [3.05, 3.63) is 59.0 Å². The number of halogens is 6. The predicted molar refractivity (Wildman–Crippen MR) is 112 cm³/mol. The zero-order valence-corrected chi connectivity index (χ0v) is 18.3. The average molecular weight is 532 g/mol. The second-order valence-corrected chi connectivity index (χ2v) is 6.83. The largest absolute Gasteiger partial charge is 0.491 e. The third kappa shape index (κ3) is 6.71. The van der Waals surface area contributed by atoms with Crippen molar-refractivity contribution in [2.24, 2.45) is 0 Å². The number of hydrogen-bond acceptors (Lipinski definition) is 10. The molecule has 0 bridgehead atoms. The Hall–Kier alpha value is -4.70. The van der Waals surface area contributed by atoms with Gasteiger partial charge in [0.25, 0.3) is 0 Å². The van der Waals surface area contributed by atoms with Gasteiger partial charge in [0.05, 0.1) is 11.4 Å². The van der Waals surface area contributed by atoms with Gasteiger partial charge < -0.3 is 9.47 Å². The molecule has 37 heavy (non-hydrogen) atoms. The number of hydrazine groups is 1. The molecule has 2 aromatic heterocycles. The van der Waals surface area contributed by atoms with E-state index < -0.39 is 41.5 Å². The summed E-state index contributed by atoms with van der Waals surface area (Å²) in [5.41, 5.74) is 4.54. The van der Waals surface area contributed by atoms with Crippen LogP contribution in [0.5, 0.6) is 11.5 Å². The molecule has 2 heterocycles. The van der Waals surface area contributed by atoms with E-state index in [4.69, 9.17) is 0 Å². The van der Waals surface area contributed by atoms with Crippen LogP contribution < -0.4 is 26.0 Å². The van der Waals surface area contributed by atoms with Crippen molar-refractivity contribution >= 4 is 23.6 Å². The summed E-state index contributed by atoms with van der Waals surface area (Å²) in [4.78, 5) is 46.9. The Morgan fingerprint density at radius 2 is 1.49 bits per heavy atom. The van der Waals surface area contributed by atoms with Crippen molar-refractivity contribution in [2.45, 2.75) is 25.7 Å². The average Bonchev–Trinajstić information content (AvgIpc) is 2.82. The number of pyridine rings is 1. The van der Waals surface area contributed by atoms with Crippen molar-refractivity contribution in [3.63, 3.8) is 0 Å². The van der Waals surface area contributed by atoms with Crippen LogP contribution in [0.4, 0.5) is 38.0 Å². The maximum absolute atomic E-state index is 12.7. The molecule has 0 saturated heterocycles. The maximum atomic E-state index is 12.7. The monoisotopic (exact) mass is 532 g/mol. The number of nitrogens with zero attached hydrogens (tertiary/aromatic N) is 4. The number of esters is 2. The van der Waals surface area contributed by atoms with E-state index in [1.54, 1.807) is 19.1 Å². The molecule has 2 N–H and O–H groups in total. The maximum Gasteiger partial charge on any atom is 0.491 e. The van der Waals surface area contributed by atoms with Gasteiger partial charge in [0, 0.05) is 24.9 Å². The summed E-state index contributed by atoms with van der Waals surface area (Å²) >= 11 is 0. The summed E-state index contributed by atoms with van der Waals surface area (Å²) < 4.78 is 84.9. The highest BCUT2D eigenvalue weighted by atomic mass is 19.4. The molecular weight excluding hydrogens is 518 g/mol. The predicted octanol–water partition coefficient (Wildman–Crippen LogP) is 2.96. The Morgan fingerprint density at radius 1 is 0.892 bits per heavy atom. The van der Waals surface area contributed by atoms with E-state index in [0.717, 1.165) is 10.6 Å². The van der Waals surface area contributed by atoms with Gasteiger partial charge >= 0.3 is 30.0 Å². The summed E-state index contributed by atoms with van der Waals surface area (Å²) in [6, 6.07) is 5.31. The number of carbonyl (C=O) groups excluding carboxylic acids is 2. The van der Waals surface area contributed by atoms with E-state index in [1.807, 2.05) is 0 Å². The van der Waals surface area contributed by atoms with Crippen molar-refractivity contribution in [3.8, 4) is 17.2 Å². The number of benzene rings is 1. The zero-order valence-electron chi connectivity index (χ0n) is 18.3. The first-order chi connectivity index (χ1) is 17.3. The van der Waals surface area contributed by atoms with Crippen LogP contribution in [0.3, 0.4) is 0 Å². The Morgan fingerprint density at radius 3 is 2.05 bits per heavy atom. The van der Waals surface area contributed by atoms with E-state index in [0.29, 0.717) is 17.8 Å². The van der Waals surface area contributed by atoms with Crippen LogP contribution in [0.2, 0.25) is 0 Å². The topological polar surface area (TPSA) is 137 Å². The third-order valence-electron chi connectivity index (χ3n) is 4.25. The number of hydrogen-bond donors (Lipinski definition) is 2. The van der Waals surface area contributed by atoms with Crippen molar-refractivity contribution < 1.29 is 45.4 Å². The molecule has 3 aromatic rings. The lowest BCUT2D eigenvalue weighted by Crippen LogP contribution is -2.31. The van der Waals surface area contributed by atoms with Crippen molar-refractivity contribution in [2.75, 3.05) is 10.9 Å². The number of anilines is 2. The number of carbonyl (C=O) groups is 2. The van der Waals surface area contributed by atoms with Crippen LogP contribution in [-0.4, -0.2) is 43.8 Å². The Balaban J connectivity index is 2.01. The van der Waals surface area contributed by atoms with Gasteiger partial charge in [0.1, 0.15) is 5.82 Å². The number of alkyl halides is 6. The van der Waals surface area contributed by atoms with Gasteiger partial charge in [0.2, 0.25) is 5.95 Å². The van der Waals surface area contributed by atoms with Gasteiger partial charge in [-0.15, -0.1) is 0 Å². The van der Waals surface area contributed by atoms with Crippen LogP contribution in [-0.2, 0) is 16.0 Å². The van der Waals surface area contributed by atoms with Crippen LogP contribution in [0.15, 0.2) is 47.5 Å². The highest BCUT2D eigenvalue weighted by Crippen LogP contribution is 2.33. The molecule has 17 heteroatoms. The fraction of sp³-hybridized carbons (Fsp3) is 0.200. The molecule has 0 atom stereocenters. The molecule has 0 unspecified atom stereocenters. The van der Waals surface area contributed by atoms with Crippen LogP contribution in [0, 0.1) is 0 Å². The van der Waals surface area contributed by atoms with Gasteiger partial charge in [-0.3, -0.25) is 15.8 Å². The van der Waals surface area contributed by atoms with Crippen LogP contribution >= 0.6 is 0 Å². The number of aromatic nitrogens is 4. The number of nitrogens with one attached hydrogen (secondary N) is 2. The highest BCUT2D eigenvalue weighted by Gasteiger charge is 2.44. The summed E-state index contributed by atoms with van der Waals surface area (Å²) in [7, 11) is 0. The minimum atomic E-state index is -5.54. The standard InChI is InChI=1S/C20H14F6N6O5/c1-2-14-28-17(31-30-10-5-7-27-8-6-10)29-18(35)32(14)11-3-4-12(36-15(33)19(21,22)23)13(9-11)37-16(34)20(24,25)26/h3-9H,2H2,1H3,(H,27,30)(H,29,31,35). The Bertz CT molecular complexity index is 1360. The van der Waals surface area contributed by atoms with Crippen molar-refractivity contribution in [1.82, 2.24) is 19.5 Å². The molecular formula is C20H14F6N6O5. The Labute approximate surface area is 202 Å². The second-order valence-electron chi connectivity index (χ2n) is 6.83. The SMILES string of the molecule is CCc1nc(NNc2ccncc2)nc(=O)n1-c1ccc(OC(=O)C(F)(F)F)c(OC(=O)C(F)(F)F)c1. The molecule has 0 aliphatic carbocycles. The van der Waals surface area contributed by atoms with Gasteiger partial charge in [-0.2, -0.15) is 36.3 Å². The number of ether oxygens (including phenoxy) is 2. The fourth-order valence-electron chi connectivity index (χ4n) is 2.68. The van der Waals surface area contributed by atoms with E-state index in [1.165, 1.54) is 12.4 Å². The molecule has 0 aliphatic rings. The third-order valence-corrected chi connectivity index (χ3v) is 4.25. The number of rotatable bonds is 7. The summed E-state index contributed by atoms with van der Waals surface area (Å²) in [6.45, 7) is 1.57. The summed E-state index contributed by atoms with van der Waals surface area (Å²) in [5, 5.41) is 0. The van der Waals surface area contributed by atoms with E-state index in [-0.39, 0.29) is 23.9 Å². The summed E-state index contributed by atoms with van der Waals surface area (Å²) in [5.74, 6) is -8.14. The minimum Gasteiger partial charge on any atom is -0.416 e.